The van der Waals surface area contributed by atoms with E-state index in [4.69, 9.17) is 17.0 Å². The molecular weight excluding hydrogens is 254 g/mol. The van der Waals surface area contributed by atoms with E-state index in [0.717, 1.165) is 19.9 Å². The Balaban J connectivity index is 0.000000845. The number of hydrogen-bond donors (Lipinski definition) is 1. The van der Waals surface area contributed by atoms with E-state index in [9.17, 15) is 0 Å². The summed E-state index contributed by atoms with van der Waals surface area (Å²) < 4.78 is 7.03. The molecule has 1 aromatic heterocycles. The zero-order chi connectivity index (χ0) is 8.55. The fourth-order valence-corrected chi connectivity index (χ4v) is 2.20. The molecule has 2 nitrogen and oxygen atoms in total. The standard InChI is InChI=1S/C8H7NOS2.Cu/c1-10-5-2-3-6-7(4-5)12-8(11)9-6;/h2-4H,1H3,(H,9,11);. The van der Waals surface area contributed by atoms with E-state index in [1.165, 1.54) is 0 Å². The maximum atomic E-state index is 5.09. The Kier molecular flexibility index (Phi) is 3.50. The van der Waals surface area contributed by atoms with Crippen LogP contribution in [-0.4, -0.2) is 12.1 Å². The van der Waals surface area contributed by atoms with Crippen molar-refractivity contribution in [2.24, 2.45) is 0 Å². The molecule has 13 heavy (non-hydrogen) atoms. The number of benzene rings is 1. The molecule has 0 saturated heterocycles. The fraction of sp³-hybridized carbons (Fsp3) is 0.125. The average Bonchev–Trinajstić information content (AvgIpc) is 2.43. The van der Waals surface area contributed by atoms with Gasteiger partial charge in [-0.2, -0.15) is 0 Å². The maximum absolute atomic E-state index is 5.09. The molecule has 0 amide bonds. The second-order valence-electron chi connectivity index (χ2n) is 2.38. The Labute approximate surface area is 95.4 Å². The van der Waals surface area contributed by atoms with Gasteiger partial charge >= 0.3 is 0 Å². The molecule has 0 fully saturated rings. The number of nitrogens with one attached hydrogen (secondary N) is 1. The molecule has 0 bridgehead atoms. The van der Waals surface area contributed by atoms with Crippen molar-refractivity contribution in [3.8, 4) is 5.75 Å². The molecule has 0 saturated carbocycles. The summed E-state index contributed by atoms with van der Waals surface area (Å²) in [5.41, 5.74) is 1.07. The summed E-state index contributed by atoms with van der Waals surface area (Å²) in [7, 11) is 1.66. The number of aromatic amines is 1. The van der Waals surface area contributed by atoms with Gasteiger partial charge in [-0.25, -0.2) is 0 Å². The van der Waals surface area contributed by atoms with Crippen LogP contribution in [0.2, 0.25) is 0 Å². The van der Waals surface area contributed by atoms with E-state index >= 15 is 0 Å². The zero-order valence-corrected chi connectivity index (χ0v) is 9.33. The van der Waals surface area contributed by atoms with Crippen molar-refractivity contribution in [1.29, 1.82) is 0 Å². The van der Waals surface area contributed by atoms with Gasteiger partial charge in [-0.15, -0.1) is 11.3 Å². The van der Waals surface area contributed by atoms with Crippen LogP contribution in [0, 0.1) is 3.95 Å². The largest absolute Gasteiger partial charge is 0.497 e. The summed E-state index contributed by atoms with van der Waals surface area (Å²) in [6.45, 7) is 0. The number of methoxy groups -OCH3 is 1. The molecule has 0 unspecified atom stereocenters. The third-order valence-electron chi connectivity index (χ3n) is 1.63. The van der Waals surface area contributed by atoms with E-state index in [-0.39, 0.29) is 17.1 Å². The molecule has 1 radical (unpaired) electrons. The summed E-state index contributed by atoms with van der Waals surface area (Å²) >= 11 is 6.58. The van der Waals surface area contributed by atoms with Crippen LogP contribution in [-0.2, 0) is 17.1 Å². The normalized spacial score (nSPS) is 9.62. The number of rotatable bonds is 1. The van der Waals surface area contributed by atoms with Crippen LogP contribution in [0.4, 0.5) is 0 Å². The van der Waals surface area contributed by atoms with Gasteiger partial charge in [0.05, 0.1) is 17.3 Å². The van der Waals surface area contributed by atoms with Crippen LogP contribution in [0.3, 0.4) is 0 Å². The SMILES string of the molecule is COc1ccc2[nH]c(=S)sc2c1.[Cu]. The van der Waals surface area contributed by atoms with E-state index < -0.39 is 0 Å². The minimum atomic E-state index is 0. The summed E-state index contributed by atoms with van der Waals surface area (Å²) in [4.78, 5) is 3.09. The van der Waals surface area contributed by atoms with Crippen LogP contribution in [0.25, 0.3) is 10.2 Å². The quantitative estimate of drug-likeness (QED) is 0.630. The molecule has 5 heteroatoms. The Morgan fingerprint density at radius 3 is 2.92 bits per heavy atom. The number of ether oxygens (including phenoxy) is 1. The van der Waals surface area contributed by atoms with Gasteiger partial charge in [0.15, 0.2) is 3.95 Å². The number of hydrogen-bond acceptors (Lipinski definition) is 3. The van der Waals surface area contributed by atoms with Gasteiger partial charge in [-0.1, -0.05) is 0 Å². The molecule has 0 atom stereocenters. The van der Waals surface area contributed by atoms with E-state index in [2.05, 4.69) is 4.98 Å². The summed E-state index contributed by atoms with van der Waals surface area (Å²) in [5.74, 6) is 0.868. The number of aromatic nitrogens is 1. The minimum Gasteiger partial charge on any atom is -0.497 e. The first kappa shape index (κ1) is 10.7. The van der Waals surface area contributed by atoms with E-state index in [1.807, 2.05) is 18.2 Å². The van der Waals surface area contributed by atoms with Gasteiger partial charge in [0, 0.05) is 17.1 Å². The summed E-state index contributed by atoms with van der Waals surface area (Å²) in [5, 5.41) is 0. The van der Waals surface area contributed by atoms with Crippen LogP contribution in [0.15, 0.2) is 18.2 Å². The first-order valence-electron chi connectivity index (χ1n) is 3.46. The number of thiazole rings is 1. The monoisotopic (exact) mass is 260 g/mol. The van der Waals surface area contributed by atoms with Crippen molar-refractivity contribution < 1.29 is 21.8 Å². The van der Waals surface area contributed by atoms with Gasteiger partial charge in [-0.3, -0.25) is 0 Å². The minimum absolute atomic E-state index is 0. The van der Waals surface area contributed by atoms with Gasteiger partial charge in [-0.05, 0) is 30.4 Å². The average molecular weight is 261 g/mol. The van der Waals surface area contributed by atoms with Crippen molar-refractivity contribution in [2.45, 2.75) is 0 Å². The predicted octanol–water partition coefficient (Wildman–Crippen LogP) is 2.96. The second-order valence-corrected chi connectivity index (χ2v) is 4.10. The van der Waals surface area contributed by atoms with Gasteiger partial charge < -0.3 is 9.72 Å². The topological polar surface area (TPSA) is 25.0 Å². The molecule has 2 aromatic rings. The molecule has 0 aliphatic rings. The predicted molar refractivity (Wildman–Crippen MR) is 53.6 cm³/mol. The Bertz CT molecular complexity index is 462. The first-order valence-corrected chi connectivity index (χ1v) is 4.69. The molecule has 1 aromatic carbocycles. The Morgan fingerprint density at radius 2 is 2.23 bits per heavy atom. The molecule has 0 aliphatic carbocycles. The van der Waals surface area contributed by atoms with Crippen LogP contribution < -0.4 is 4.74 Å². The zero-order valence-electron chi connectivity index (χ0n) is 6.76. The maximum Gasteiger partial charge on any atom is 0.159 e. The molecule has 73 valence electrons. The smallest absolute Gasteiger partial charge is 0.159 e. The molecule has 2 rings (SSSR count). The molecule has 1 N–H and O–H groups in total. The third-order valence-corrected chi connectivity index (χ3v) is 2.83. The van der Waals surface area contributed by atoms with Gasteiger partial charge in [0.1, 0.15) is 5.75 Å². The first-order chi connectivity index (χ1) is 5.79. The van der Waals surface area contributed by atoms with Gasteiger partial charge in [0.25, 0.3) is 0 Å². The van der Waals surface area contributed by atoms with Crippen LogP contribution in [0.5, 0.6) is 5.75 Å². The molecule has 0 spiro atoms. The van der Waals surface area contributed by atoms with Crippen molar-refractivity contribution in [3.63, 3.8) is 0 Å². The summed E-state index contributed by atoms with van der Waals surface area (Å²) in [6, 6.07) is 5.87. The Hall–Kier alpha value is -0.351. The van der Waals surface area contributed by atoms with Crippen molar-refractivity contribution in [2.75, 3.05) is 7.11 Å². The number of H-pyrrole nitrogens is 1. The van der Waals surface area contributed by atoms with Crippen molar-refractivity contribution in [3.05, 3.63) is 22.2 Å². The number of fused-ring (bicyclic) bond motifs is 1. The van der Waals surface area contributed by atoms with Crippen LogP contribution >= 0.6 is 23.6 Å². The van der Waals surface area contributed by atoms with Crippen LogP contribution in [0.1, 0.15) is 0 Å². The van der Waals surface area contributed by atoms with Crippen molar-refractivity contribution >= 4 is 33.8 Å². The Morgan fingerprint density at radius 1 is 1.46 bits per heavy atom. The molecular formula is C8H7CuNOS2. The third kappa shape index (κ3) is 2.11. The molecule has 0 aliphatic heterocycles. The summed E-state index contributed by atoms with van der Waals surface area (Å²) in [6.07, 6.45) is 0. The fourth-order valence-electron chi connectivity index (χ4n) is 1.05. The molecule has 1 heterocycles. The van der Waals surface area contributed by atoms with Crippen molar-refractivity contribution in [1.82, 2.24) is 4.98 Å². The second kappa shape index (κ2) is 4.24. The van der Waals surface area contributed by atoms with Gasteiger partial charge in [0.2, 0.25) is 0 Å². The van der Waals surface area contributed by atoms with E-state index in [0.29, 0.717) is 0 Å². The van der Waals surface area contributed by atoms with E-state index in [1.54, 1.807) is 18.4 Å².